The van der Waals surface area contributed by atoms with Crippen molar-refractivity contribution in [3.05, 3.63) is 75.2 Å². The van der Waals surface area contributed by atoms with Crippen molar-refractivity contribution in [2.24, 2.45) is 0 Å². The van der Waals surface area contributed by atoms with Crippen LogP contribution < -0.4 is 9.64 Å². The van der Waals surface area contributed by atoms with Gasteiger partial charge in [0.05, 0.1) is 22.8 Å². The summed E-state index contributed by atoms with van der Waals surface area (Å²) in [6.07, 6.45) is 1.17. The fourth-order valence-electron chi connectivity index (χ4n) is 5.13. The second-order valence-electron chi connectivity index (χ2n) is 10.4. The normalized spacial score (nSPS) is 15.1. The van der Waals surface area contributed by atoms with Crippen LogP contribution in [0.3, 0.4) is 0 Å². The fraction of sp³-hybridized carbons (Fsp3) is 0.452. The minimum Gasteiger partial charge on any atom is -0.484 e. The van der Waals surface area contributed by atoms with Crippen molar-refractivity contribution in [2.45, 2.75) is 60.0 Å². The van der Waals surface area contributed by atoms with Crippen LogP contribution in [0, 0.1) is 20.8 Å². The molecule has 39 heavy (non-hydrogen) atoms. The highest BCUT2D eigenvalue weighted by Gasteiger charge is 2.26. The third-order valence-electron chi connectivity index (χ3n) is 7.24. The molecular weight excluding hydrogens is 508 g/mol. The number of carbonyl (C=O) groups excluding carboxylic acids is 2. The van der Waals surface area contributed by atoms with E-state index < -0.39 is 0 Å². The molecule has 2 aromatic carbocycles. The summed E-state index contributed by atoms with van der Waals surface area (Å²) >= 11 is 1.59. The van der Waals surface area contributed by atoms with Crippen molar-refractivity contribution in [1.29, 1.82) is 0 Å². The lowest BCUT2D eigenvalue weighted by molar-refractivity contribution is -0.131. The lowest BCUT2D eigenvalue weighted by atomic mass is 10.0. The number of fused-ring (bicyclic) bond motifs is 1. The van der Waals surface area contributed by atoms with Gasteiger partial charge >= 0.3 is 0 Å². The molecule has 0 N–H and O–H groups in total. The molecule has 1 aliphatic heterocycles. The summed E-state index contributed by atoms with van der Waals surface area (Å²) in [5.74, 6) is 0.672. The largest absolute Gasteiger partial charge is 0.484 e. The Morgan fingerprint density at radius 3 is 2.41 bits per heavy atom. The summed E-state index contributed by atoms with van der Waals surface area (Å²) in [4.78, 5) is 39.1. The molecule has 3 aromatic rings. The van der Waals surface area contributed by atoms with E-state index in [0.29, 0.717) is 37.8 Å². The molecule has 8 heteroatoms. The van der Waals surface area contributed by atoms with Crippen LogP contribution in [0.1, 0.15) is 47.0 Å². The molecule has 0 radical (unpaired) electrons. The van der Waals surface area contributed by atoms with E-state index in [0.717, 1.165) is 51.9 Å². The number of hydrogen-bond acceptors (Lipinski definition) is 6. The van der Waals surface area contributed by atoms with E-state index in [9.17, 15) is 9.59 Å². The molecule has 4 rings (SSSR count). The first-order chi connectivity index (χ1) is 18.7. The summed E-state index contributed by atoms with van der Waals surface area (Å²) in [6, 6.07) is 15.9. The topological polar surface area (TPSA) is 66.0 Å². The van der Waals surface area contributed by atoms with Crippen LogP contribution in [0.5, 0.6) is 5.75 Å². The van der Waals surface area contributed by atoms with Crippen LogP contribution in [0.2, 0.25) is 0 Å². The number of amides is 2. The number of para-hydroxylation sites is 2. The highest BCUT2D eigenvalue weighted by Crippen LogP contribution is 2.29. The van der Waals surface area contributed by atoms with E-state index in [1.165, 1.54) is 0 Å². The first kappa shape index (κ1) is 28.8. The van der Waals surface area contributed by atoms with Gasteiger partial charge in [-0.05, 0) is 64.3 Å². The lowest BCUT2D eigenvalue weighted by Gasteiger charge is -2.30. The van der Waals surface area contributed by atoms with Crippen LogP contribution in [0.15, 0.2) is 48.5 Å². The Kier molecular flexibility index (Phi) is 9.75. The smallest absolute Gasteiger partial charge is 0.264 e. The Morgan fingerprint density at radius 1 is 0.949 bits per heavy atom. The molecule has 0 fully saturated rings. The minimum absolute atomic E-state index is 0.0433. The monoisotopic (exact) mass is 548 g/mol. The van der Waals surface area contributed by atoms with Crippen molar-refractivity contribution >= 4 is 28.8 Å². The number of hydrogen-bond donors (Lipinski definition) is 0. The van der Waals surface area contributed by atoms with Gasteiger partial charge in [-0.3, -0.25) is 14.5 Å². The Bertz CT molecular complexity index is 1270. The standard InChI is InChI=1S/C31H40N4O3S/c1-22(2)33-15-10-16-35(30(37)21-38-27-13-7-6-8-14-27)31-23(3)11-9-12-26(31)20-34(18-17-33)29(36)19-28-24(4)32-25(5)39-28/h6-9,11-14,22H,10,15-21H2,1-5H3. The number of nitrogens with zero attached hydrogens (tertiary/aromatic N) is 4. The van der Waals surface area contributed by atoms with Crippen molar-refractivity contribution in [1.82, 2.24) is 14.8 Å². The number of thiazole rings is 1. The van der Waals surface area contributed by atoms with Crippen LogP contribution in [-0.4, -0.2) is 65.4 Å². The summed E-state index contributed by atoms with van der Waals surface area (Å²) in [5.41, 5.74) is 3.81. The van der Waals surface area contributed by atoms with Crippen LogP contribution in [-0.2, 0) is 22.6 Å². The van der Waals surface area contributed by atoms with Gasteiger partial charge in [0.25, 0.3) is 5.91 Å². The molecule has 0 aliphatic carbocycles. The summed E-state index contributed by atoms with van der Waals surface area (Å²) in [6.45, 7) is 13.6. The molecule has 0 saturated heterocycles. The van der Waals surface area contributed by atoms with E-state index in [1.807, 2.05) is 79.1 Å². The van der Waals surface area contributed by atoms with Crippen molar-refractivity contribution in [3.63, 3.8) is 0 Å². The zero-order valence-corrected chi connectivity index (χ0v) is 24.6. The number of aromatic nitrogens is 1. The van der Waals surface area contributed by atoms with E-state index >= 15 is 0 Å². The van der Waals surface area contributed by atoms with E-state index in [-0.39, 0.29) is 18.4 Å². The Morgan fingerprint density at radius 2 is 1.72 bits per heavy atom. The minimum atomic E-state index is -0.0848. The molecule has 0 spiro atoms. The molecular formula is C31H40N4O3S. The van der Waals surface area contributed by atoms with Gasteiger partial charge in [-0.2, -0.15) is 0 Å². The predicted octanol–water partition coefficient (Wildman–Crippen LogP) is 5.17. The zero-order chi connectivity index (χ0) is 27.9. The summed E-state index contributed by atoms with van der Waals surface area (Å²) in [7, 11) is 0. The Balaban J connectivity index is 1.65. The third-order valence-corrected chi connectivity index (χ3v) is 8.31. The van der Waals surface area contributed by atoms with E-state index in [1.54, 1.807) is 11.3 Å². The predicted molar refractivity (Wildman–Crippen MR) is 158 cm³/mol. The third kappa shape index (κ3) is 7.46. The maximum atomic E-state index is 13.7. The molecule has 0 bridgehead atoms. The molecule has 2 amide bonds. The number of aryl methyl sites for hydroxylation is 3. The van der Waals surface area contributed by atoms with Gasteiger partial charge in [-0.25, -0.2) is 4.98 Å². The number of anilines is 1. The van der Waals surface area contributed by atoms with Gasteiger partial charge in [-0.1, -0.05) is 36.4 Å². The summed E-state index contributed by atoms with van der Waals surface area (Å²) < 4.78 is 5.86. The van der Waals surface area contributed by atoms with Crippen LogP contribution in [0.4, 0.5) is 5.69 Å². The van der Waals surface area contributed by atoms with Crippen LogP contribution in [0.25, 0.3) is 0 Å². The molecule has 208 valence electrons. The SMILES string of the molecule is Cc1nc(C)c(CC(=O)N2CCN(C(C)C)CCCN(C(=O)COc3ccccc3)c3c(C)cccc3C2)s1. The van der Waals surface area contributed by atoms with Gasteiger partial charge in [-0.15, -0.1) is 11.3 Å². The van der Waals surface area contributed by atoms with Crippen molar-refractivity contribution in [3.8, 4) is 5.75 Å². The average Bonchev–Trinajstić information content (AvgIpc) is 3.20. The van der Waals surface area contributed by atoms with Crippen LogP contribution >= 0.6 is 11.3 Å². The first-order valence-corrected chi connectivity index (χ1v) is 14.6. The van der Waals surface area contributed by atoms with Gasteiger partial charge < -0.3 is 14.5 Å². The molecule has 7 nitrogen and oxygen atoms in total. The average molecular weight is 549 g/mol. The molecule has 0 atom stereocenters. The number of rotatable bonds is 6. The number of ether oxygens (including phenoxy) is 1. The second-order valence-corrected chi connectivity index (χ2v) is 11.7. The number of carbonyl (C=O) groups is 2. The fourth-order valence-corrected chi connectivity index (χ4v) is 6.06. The molecule has 1 aliphatic rings. The summed E-state index contributed by atoms with van der Waals surface area (Å²) in [5, 5.41) is 0.978. The van der Waals surface area contributed by atoms with E-state index in [2.05, 4.69) is 23.7 Å². The lowest BCUT2D eigenvalue weighted by Crippen LogP contribution is -2.42. The second kappa shape index (κ2) is 13.2. The molecule has 1 aromatic heterocycles. The van der Waals surface area contributed by atoms with E-state index in [4.69, 9.17) is 4.74 Å². The highest BCUT2D eigenvalue weighted by molar-refractivity contribution is 7.11. The Labute approximate surface area is 236 Å². The van der Waals surface area contributed by atoms with Gasteiger partial charge in [0.1, 0.15) is 5.75 Å². The first-order valence-electron chi connectivity index (χ1n) is 13.7. The maximum Gasteiger partial charge on any atom is 0.264 e. The molecule has 0 saturated carbocycles. The van der Waals surface area contributed by atoms with Gasteiger partial charge in [0.2, 0.25) is 5.91 Å². The molecule has 2 heterocycles. The number of benzene rings is 2. The maximum absolute atomic E-state index is 13.7. The van der Waals surface area contributed by atoms with Crippen molar-refractivity contribution in [2.75, 3.05) is 37.7 Å². The highest BCUT2D eigenvalue weighted by atomic mass is 32.1. The van der Waals surface area contributed by atoms with Gasteiger partial charge in [0.15, 0.2) is 6.61 Å². The quantitative estimate of drug-likeness (QED) is 0.426. The zero-order valence-electron chi connectivity index (χ0n) is 23.8. The Hall–Kier alpha value is -3.23. The molecule has 0 unspecified atom stereocenters. The van der Waals surface area contributed by atoms with Gasteiger partial charge in [0, 0.05) is 43.6 Å². The van der Waals surface area contributed by atoms with Crippen molar-refractivity contribution < 1.29 is 14.3 Å².